The van der Waals surface area contributed by atoms with E-state index in [1.807, 2.05) is 17.5 Å². The van der Waals surface area contributed by atoms with Crippen LogP contribution >= 0.6 is 22.7 Å². The van der Waals surface area contributed by atoms with Crippen molar-refractivity contribution >= 4 is 46.0 Å². The molecule has 0 bridgehead atoms. The summed E-state index contributed by atoms with van der Waals surface area (Å²) in [7, 11) is 0. The van der Waals surface area contributed by atoms with Crippen molar-refractivity contribution in [1.82, 2.24) is 4.98 Å². The number of hydrogen-bond donors (Lipinski definition) is 0. The number of ketones is 1. The van der Waals surface area contributed by atoms with Crippen LogP contribution in [-0.2, 0) is 9.53 Å². The molecule has 142 valence electrons. The molecular formula is C20H16N2O4S2. The number of Topliss-reactive ketones (excluding diaryl/α,β-unsaturated/α-hetero) is 1. The van der Waals surface area contributed by atoms with E-state index in [1.54, 1.807) is 45.9 Å². The SMILES string of the molecule is O=C(COC(=O)c1csc(-c2cccs2)n1)c1cccc(N2CCCC2=O)c1. The van der Waals surface area contributed by atoms with Gasteiger partial charge in [0.2, 0.25) is 5.91 Å². The molecule has 1 amide bonds. The Hall–Kier alpha value is -2.84. The lowest BCUT2D eigenvalue weighted by Crippen LogP contribution is -2.24. The number of rotatable bonds is 6. The molecule has 3 aromatic rings. The third kappa shape index (κ3) is 3.88. The minimum Gasteiger partial charge on any atom is -0.453 e. The molecule has 4 rings (SSSR count). The maximum atomic E-state index is 12.4. The van der Waals surface area contributed by atoms with E-state index in [9.17, 15) is 14.4 Å². The zero-order chi connectivity index (χ0) is 19.5. The Kier molecular flexibility index (Phi) is 5.31. The van der Waals surface area contributed by atoms with E-state index in [-0.39, 0.29) is 24.0 Å². The Morgan fingerprint density at radius 2 is 2.07 bits per heavy atom. The van der Waals surface area contributed by atoms with Gasteiger partial charge in [-0.05, 0) is 30.0 Å². The Bertz CT molecular complexity index is 1030. The molecule has 0 spiro atoms. The first-order valence-electron chi connectivity index (χ1n) is 8.72. The van der Waals surface area contributed by atoms with Gasteiger partial charge in [-0.3, -0.25) is 9.59 Å². The predicted octanol–water partition coefficient (Wildman–Crippen LogP) is 4.04. The Balaban J connectivity index is 1.39. The highest BCUT2D eigenvalue weighted by molar-refractivity contribution is 7.20. The van der Waals surface area contributed by atoms with Crippen molar-refractivity contribution in [3.63, 3.8) is 0 Å². The van der Waals surface area contributed by atoms with Crippen LogP contribution in [0.1, 0.15) is 33.7 Å². The third-order valence-corrected chi connectivity index (χ3v) is 6.21. The van der Waals surface area contributed by atoms with Gasteiger partial charge in [-0.15, -0.1) is 22.7 Å². The number of hydrogen-bond acceptors (Lipinski definition) is 7. The number of carbonyl (C=O) groups excluding carboxylic acids is 3. The van der Waals surface area contributed by atoms with Crippen molar-refractivity contribution in [2.75, 3.05) is 18.1 Å². The summed E-state index contributed by atoms with van der Waals surface area (Å²) in [6.45, 7) is 0.282. The smallest absolute Gasteiger partial charge is 0.358 e. The minimum absolute atomic E-state index is 0.0566. The molecule has 0 aliphatic carbocycles. The molecule has 1 fully saturated rings. The average Bonchev–Trinajstić information content (AvgIpc) is 3.46. The summed E-state index contributed by atoms with van der Waals surface area (Å²) in [6, 6.07) is 10.7. The first kappa shape index (κ1) is 18.5. The molecule has 8 heteroatoms. The maximum absolute atomic E-state index is 12.4. The van der Waals surface area contributed by atoms with E-state index in [0.717, 1.165) is 16.3 Å². The van der Waals surface area contributed by atoms with Crippen LogP contribution in [0.25, 0.3) is 9.88 Å². The van der Waals surface area contributed by atoms with E-state index in [0.29, 0.717) is 24.2 Å². The second-order valence-electron chi connectivity index (χ2n) is 6.21. The molecule has 1 saturated heterocycles. The molecule has 0 saturated carbocycles. The number of carbonyl (C=O) groups is 3. The number of benzene rings is 1. The van der Waals surface area contributed by atoms with Gasteiger partial charge in [-0.2, -0.15) is 0 Å². The molecule has 0 radical (unpaired) electrons. The fourth-order valence-corrected chi connectivity index (χ4v) is 4.54. The number of anilines is 1. The predicted molar refractivity (Wildman–Crippen MR) is 108 cm³/mol. The quantitative estimate of drug-likeness (QED) is 0.451. The lowest BCUT2D eigenvalue weighted by atomic mass is 10.1. The summed E-state index contributed by atoms with van der Waals surface area (Å²) < 4.78 is 5.14. The molecule has 1 aliphatic heterocycles. The lowest BCUT2D eigenvalue weighted by molar-refractivity contribution is -0.117. The van der Waals surface area contributed by atoms with Crippen LogP contribution < -0.4 is 4.90 Å². The van der Waals surface area contributed by atoms with E-state index < -0.39 is 5.97 Å². The van der Waals surface area contributed by atoms with Gasteiger partial charge in [0.05, 0.1) is 4.88 Å². The van der Waals surface area contributed by atoms with Crippen LogP contribution in [0.15, 0.2) is 47.2 Å². The molecule has 1 aliphatic rings. The Morgan fingerprint density at radius 3 is 2.82 bits per heavy atom. The number of esters is 1. The van der Waals surface area contributed by atoms with Crippen LogP contribution in [-0.4, -0.2) is 35.8 Å². The molecule has 1 aromatic carbocycles. The number of thiophene rings is 1. The molecule has 0 atom stereocenters. The van der Waals surface area contributed by atoms with Crippen molar-refractivity contribution in [3.05, 3.63) is 58.4 Å². The summed E-state index contributed by atoms with van der Waals surface area (Å²) in [5.74, 6) is -0.894. The summed E-state index contributed by atoms with van der Waals surface area (Å²) in [5.41, 5.74) is 1.29. The molecular weight excluding hydrogens is 396 g/mol. The Labute approximate surface area is 169 Å². The normalized spacial score (nSPS) is 13.7. The standard InChI is InChI=1S/C20H16N2O4S2/c23-16(13-4-1-5-14(10-13)22-8-2-7-18(22)24)11-26-20(25)15-12-28-19(21-15)17-6-3-9-27-17/h1,3-6,9-10,12H,2,7-8,11H2. The molecule has 0 N–H and O–H groups in total. The fraction of sp³-hybridized carbons (Fsp3) is 0.200. The highest BCUT2D eigenvalue weighted by Crippen LogP contribution is 2.28. The van der Waals surface area contributed by atoms with Gasteiger partial charge in [0.25, 0.3) is 0 Å². The summed E-state index contributed by atoms with van der Waals surface area (Å²) >= 11 is 2.90. The van der Waals surface area contributed by atoms with E-state index in [2.05, 4.69) is 4.98 Å². The zero-order valence-corrected chi connectivity index (χ0v) is 16.4. The molecule has 28 heavy (non-hydrogen) atoms. The molecule has 2 aromatic heterocycles. The molecule has 0 unspecified atom stereocenters. The first-order valence-corrected chi connectivity index (χ1v) is 10.5. The minimum atomic E-state index is -0.627. The number of ether oxygens (including phenoxy) is 1. The van der Waals surface area contributed by atoms with Crippen molar-refractivity contribution in [2.24, 2.45) is 0 Å². The highest BCUT2D eigenvalue weighted by atomic mass is 32.1. The van der Waals surface area contributed by atoms with Crippen LogP contribution in [0.4, 0.5) is 5.69 Å². The Morgan fingerprint density at radius 1 is 1.18 bits per heavy atom. The molecule has 3 heterocycles. The second-order valence-corrected chi connectivity index (χ2v) is 8.02. The largest absolute Gasteiger partial charge is 0.453 e. The lowest BCUT2D eigenvalue weighted by Gasteiger charge is -2.16. The molecule has 6 nitrogen and oxygen atoms in total. The first-order chi connectivity index (χ1) is 13.6. The van der Waals surface area contributed by atoms with Gasteiger partial charge in [-0.25, -0.2) is 9.78 Å². The maximum Gasteiger partial charge on any atom is 0.358 e. The van der Waals surface area contributed by atoms with Gasteiger partial charge < -0.3 is 9.64 Å². The summed E-state index contributed by atoms with van der Waals surface area (Å²) in [5, 5.41) is 4.31. The van der Waals surface area contributed by atoms with E-state index in [1.165, 1.54) is 11.3 Å². The van der Waals surface area contributed by atoms with Crippen LogP contribution in [0.3, 0.4) is 0 Å². The van der Waals surface area contributed by atoms with Gasteiger partial charge in [0, 0.05) is 29.6 Å². The van der Waals surface area contributed by atoms with Crippen molar-refractivity contribution in [2.45, 2.75) is 12.8 Å². The summed E-state index contributed by atoms with van der Waals surface area (Å²) in [4.78, 5) is 43.4. The van der Waals surface area contributed by atoms with Crippen molar-refractivity contribution in [3.8, 4) is 9.88 Å². The van der Waals surface area contributed by atoms with Crippen LogP contribution in [0.5, 0.6) is 0 Å². The highest BCUT2D eigenvalue weighted by Gasteiger charge is 2.22. The van der Waals surface area contributed by atoms with Gasteiger partial charge in [0.15, 0.2) is 18.1 Å². The number of aromatic nitrogens is 1. The number of thiazole rings is 1. The summed E-state index contributed by atoms with van der Waals surface area (Å²) in [6.07, 6.45) is 1.34. The third-order valence-electron chi connectivity index (χ3n) is 4.33. The van der Waals surface area contributed by atoms with Crippen molar-refractivity contribution < 1.29 is 19.1 Å². The monoisotopic (exact) mass is 412 g/mol. The van der Waals surface area contributed by atoms with Crippen molar-refractivity contribution in [1.29, 1.82) is 0 Å². The van der Waals surface area contributed by atoms with E-state index in [4.69, 9.17) is 4.74 Å². The zero-order valence-electron chi connectivity index (χ0n) is 14.8. The van der Waals surface area contributed by atoms with Gasteiger partial charge in [0.1, 0.15) is 5.01 Å². The van der Waals surface area contributed by atoms with Crippen LogP contribution in [0, 0.1) is 0 Å². The number of amides is 1. The van der Waals surface area contributed by atoms with E-state index >= 15 is 0 Å². The van der Waals surface area contributed by atoms with Crippen LogP contribution in [0.2, 0.25) is 0 Å². The van der Waals surface area contributed by atoms with Gasteiger partial charge >= 0.3 is 5.97 Å². The topological polar surface area (TPSA) is 76.6 Å². The fourth-order valence-electron chi connectivity index (χ4n) is 2.94. The second kappa shape index (κ2) is 8.04. The van der Waals surface area contributed by atoms with Gasteiger partial charge in [-0.1, -0.05) is 18.2 Å². The number of nitrogens with zero attached hydrogens (tertiary/aromatic N) is 2. The average molecular weight is 412 g/mol.